The van der Waals surface area contributed by atoms with Crippen LogP contribution in [0.25, 0.3) is 10.9 Å². The van der Waals surface area contributed by atoms with E-state index in [9.17, 15) is 18.3 Å². The van der Waals surface area contributed by atoms with E-state index in [4.69, 9.17) is 4.74 Å². The summed E-state index contributed by atoms with van der Waals surface area (Å²) in [6, 6.07) is 13.4. The number of benzene rings is 2. The number of ether oxygens (including phenoxy) is 1. The highest BCUT2D eigenvalue weighted by atomic mass is 32.2. The Bertz CT molecular complexity index is 1300. The lowest BCUT2D eigenvalue weighted by atomic mass is 10.1. The maximum absolute atomic E-state index is 13.5. The normalized spacial score (nSPS) is 20.1. The van der Waals surface area contributed by atoms with Crippen LogP contribution in [0.5, 0.6) is 5.75 Å². The third-order valence-corrected chi connectivity index (χ3v) is 7.45. The summed E-state index contributed by atoms with van der Waals surface area (Å²) in [4.78, 5) is 13.6. The van der Waals surface area contributed by atoms with Crippen molar-refractivity contribution in [2.75, 3.05) is 22.9 Å². The summed E-state index contributed by atoms with van der Waals surface area (Å²) in [6.07, 6.45) is 1.62. The van der Waals surface area contributed by atoms with E-state index >= 15 is 0 Å². The van der Waals surface area contributed by atoms with Crippen LogP contribution in [-0.2, 0) is 21.3 Å². The Labute approximate surface area is 173 Å². The number of fused-ring (bicyclic) bond motifs is 2. The molecular formula is C21H21N3O5S. The molecule has 5 rings (SSSR count). The molecule has 3 aromatic rings. The van der Waals surface area contributed by atoms with Gasteiger partial charge in [0.25, 0.3) is 15.6 Å². The maximum atomic E-state index is 13.5. The molecule has 30 heavy (non-hydrogen) atoms. The van der Waals surface area contributed by atoms with Crippen molar-refractivity contribution in [3.05, 3.63) is 58.9 Å². The van der Waals surface area contributed by atoms with Crippen LogP contribution in [-0.4, -0.2) is 37.5 Å². The average Bonchev–Trinajstić information content (AvgIpc) is 3.26. The predicted octanol–water partition coefficient (Wildman–Crippen LogP) is 2.46. The molecule has 156 valence electrons. The summed E-state index contributed by atoms with van der Waals surface area (Å²) in [5, 5.41) is 14.4. The molecule has 2 aliphatic heterocycles. The highest BCUT2D eigenvalue weighted by Gasteiger charge is 2.36. The second kappa shape index (κ2) is 7.03. The molecule has 2 aromatic carbocycles. The Morgan fingerprint density at radius 1 is 1.13 bits per heavy atom. The first-order valence-corrected chi connectivity index (χ1v) is 11.2. The molecule has 8 nitrogen and oxygen atoms in total. The number of nitrogens with one attached hydrogen (secondary N) is 1. The number of anilines is 2. The molecule has 1 saturated heterocycles. The summed E-state index contributed by atoms with van der Waals surface area (Å²) >= 11 is 0. The van der Waals surface area contributed by atoms with E-state index in [0.29, 0.717) is 29.7 Å². The number of aromatic nitrogens is 1. The van der Waals surface area contributed by atoms with Gasteiger partial charge in [-0.2, -0.15) is 0 Å². The summed E-state index contributed by atoms with van der Waals surface area (Å²) in [7, 11) is -4.03. The molecule has 1 fully saturated rings. The lowest BCUT2D eigenvalue weighted by Gasteiger charge is -2.31. The van der Waals surface area contributed by atoms with Crippen molar-refractivity contribution in [2.45, 2.75) is 30.4 Å². The molecule has 2 aliphatic rings. The molecule has 0 amide bonds. The SMILES string of the molecule is O=c1c(N2CNc3ccccc3S2(=O)=O)c(O)c2ccccc2n1CC1CCCO1. The summed E-state index contributed by atoms with van der Waals surface area (Å²) in [6.45, 7) is 0.786. The highest BCUT2D eigenvalue weighted by molar-refractivity contribution is 7.93. The fourth-order valence-corrected chi connectivity index (χ4v) is 5.72. The van der Waals surface area contributed by atoms with Gasteiger partial charge in [-0.3, -0.25) is 4.79 Å². The molecule has 1 aromatic heterocycles. The first-order chi connectivity index (χ1) is 14.5. The maximum Gasteiger partial charge on any atom is 0.279 e. The monoisotopic (exact) mass is 427 g/mol. The van der Waals surface area contributed by atoms with E-state index in [-0.39, 0.29) is 29.1 Å². The van der Waals surface area contributed by atoms with Crippen LogP contribution >= 0.6 is 0 Å². The van der Waals surface area contributed by atoms with Crippen LogP contribution in [0.15, 0.2) is 58.2 Å². The zero-order valence-electron chi connectivity index (χ0n) is 16.1. The van der Waals surface area contributed by atoms with Crippen LogP contribution in [0.4, 0.5) is 11.4 Å². The Kier molecular flexibility index (Phi) is 4.44. The van der Waals surface area contributed by atoms with E-state index in [0.717, 1.165) is 17.1 Å². The second-order valence-electron chi connectivity index (χ2n) is 7.45. The van der Waals surface area contributed by atoms with Gasteiger partial charge in [0, 0.05) is 12.0 Å². The quantitative estimate of drug-likeness (QED) is 0.666. The molecule has 1 atom stereocenters. The Balaban J connectivity index is 1.73. The van der Waals surface area contributed by atoms with Gasteiger partial charge in [0.1, 0.15) is 11.6 Å². The number of hydrogen-bond acceptors (Lipinski definition) is 6. The number of pyridine rings is 1. The molecule has 1 unspecified atom stereocenters. The molecule has 0 bridgehead atoms. The topological polar surface area (TPSA) is 101 Å². The predicted molar refractivity (Wildman–Crippen MR) is 113 cm³/mol. The zero-order valence-corrected chi connectivity index (χ0v) is 16.9. The number of nitrogens with zero attached hydrogens (tertiary/aromatic N) is 2. The van der Waals surface area contributed by atoms with Crippen LogP contribution in [0.1, 0.15) is 12.8 Å². The number of rotatable bonds is 3. The minimum Gasteiger partial charge on any atom is -0.505 e. The van der Waals surface area contributed by atoms with Gasteiger partial charge in [-0.15, -0.1) is 0 Å². The molecule has 3 heterocycles. The van der Waals surface area contributed by atoms with Crippen molar-refractivity contribution in [1.29, 1.82) is 0 Å². The van der Waals surface area contributed by atoms with Gasteiger partial charge >= 0.3 is 0 Å². The van der Waals surface area contributed by atoms with Crippen LogP contribution in [0, 0.1) is 0 Å². The van der Waals surface area contributed by atoms with E-state index in [1.54, 1.807) is 42.5 Å². The second-order valence-corrected chi connectivity index (χ2v) is 9.28. The summed E-state index contributed by atoms with van der Waals surface area (Å²) in [5.41, 5.74) is 0.191. The summed E-state index contributed by atoms with van der Waals surface area (Å²) in [5.74, 6) is -0.344. The largest absolute Gasteiger partial charge is 0.505 e. The lowest BCUT2D eigenvalue weighted by Crippen LogP contribution is -2.43. The molecule has 0 saturated carbocycles. The van der Waals surface area contributed by atoms with Gasteiger partial charge < -0.3 is 19.7 Å². The van der Waals surface area contributed by atoms with Gasteiger partial charge in [0.15, 0.2) is 11.4 Å². The number of aromatic hydroxyl groups is 1. The first kappa shape index (κ1) is 19.0. The molecule has 2 N–H and O–H groups in total. The van der Waals surface area contributed by atoms with Crippen LogP contribution < -0.4 is 15.2 Å². The Morgan fingerprint density at radius 3 is 2.70 bits per heavy atom. The van der Waals surface area contributed by atoms with Crippen molar-refractivity contribution in [1.82, 2.24) is 4.57 Å². The zero-order chi connectivity index (χ0) is 20.9. The fraction of sp³-hybridized carbons (Fsp3) is 0.286. The van der Waals surface area contributed by atoms with Gasteiger partial charge in [-0.1, -0.05) is 24.3 Å². The van der Waals surface area contributed by atoms with Crippen molar-refractivity contribution in [3.8, 4) is 5.75 Å². The Hall–Kier alpha value is -3.04. The van der Waals surface area contributed by atoms with E-state index in [2.05, 4.69) is 5.32 Å². The smallest absolute Gasteiger partial charge is 0.279 e. The minimum atomic E-state index is -4.03. The van der Waals surface area contributed by atoms with Gasteiger partial charge in [-0.05, 0) is 37.1 Å². The highest BCUT2D eigenvalue weighted by Crippen LogP contribution is 2.38. The standard InChI is InChI=1S/C21H21N3O5S/c25-20-15-7-1-3-9-17(15)23(12-14-6-5-11-29-14)21(26)19(20)24-13-22-16-8-2-4-10-18(16)30(24,27)28/h1-4,7-10,14,22,25H,5-6,11-13H2. The van der Waals surface area contributed by atoms with Crippen LogP contribution in [0.2, 0.25) is 0 Å². The molecule has 0 spiro atoms. The van der Waals surface area contributed by atoms with Crippen molar-refractivity contribution < 1.29 is 18.3 Å². The first-order valence-electron chi connectivity index (χ1n) is 9.80. The average molecular weight is 427 g/mol. The molecule has 9 heteroatoms. The Morgan fingerprint density at radius 2 is 1.90 bits per heavy atom. The van der Waals surface area contributed by atoms with Crippen LogP contribution in [0.3, 0.4) is 0 Å². The third-order valence-electron chi connectivity index (χ3n) is 5.65. The van der Waals surface area contributed by atoms with Gasteiger partial charge in [0.2, 0.25) is 0 Å². The third kappa shape index (κ3) is 2.85. The van der Waals surface area contributed by atoms with Crippen molar-refractivity contribution in [3.63, 3.8) is 0 Å². The fourth-order valence-electron chi connectivity index (χ4n) is 4.17. The number of sulfonamides is 1. The lowest BCUT2D eigenvalue weighted by molar-refractivity contribution is 0.0972. The number of hydrogen-bond donors (Lipinski definition) is 2. The number of para-hydroxylation sites is 2. The van der Waals surface area contributed by atoms with Gasteiger partial charge in [-0.25, -0.2) is 12.7 Å². The molecular weight excluding hydrogens is 406 g/mol. The van der Waals surface area contributed by atoms with E-state index in [1.165, 1.54) is 10.6 Å². The molecule has 0 radical (unpaired) electrons. The van der Waals surface area contributed by atoms with E-state index < -0.39 is 15.6 Å². The minimum absolute atomic E-state index is 0.0638. The molecule has 0 aliphatic carbocycles. The van der Waals surface area contributed by atoms with Gasteiger partial charge in [0.05, 0.1) is 23.9 Å². The van der Waals surface area contributed by atoms with Crippen molar-refractivity contribution >= 4 is 32.3 Å². The van der Waals surface area contributed by atoms with E-state index in [1.807, 2.05) is 0 Å². The summed E-state index contributed by atoms with van der Waals surface area (Å²) < 4.78 is 34.8. The van der Waals surface area contributed by atoms with Crippen molar-refractivity contribution in [2.24, 2.45) is 0 Å².